The molecule has 1 fully saturated rings. The van der Waals surface area contributed by atoms with Gasteiger partial charge in [-0.3, -0.25) is 9.59 Å². The fraction of sp³-hybridized carbons (Fsp3) is 0.579. The summed E-state index contributed by atoms with van der Waals surface area (Å²) in [5.41, 5.74) is 0.432. The first kappa shape index (κ1) is 19.2. The molecule has 1 heterocycles. The van der Waals surface area contributed by atoms with Crippen LogP contribution in [-0.2, 0) is 9.53 Å². The Kier molecular flexibility index (Phi) is 6.82. The molecule has 1 aromatic carbocycles. The van der Waals surface area contributed by atoms with E-state index in [4.69, 9.17) is 9.47 Å². The monoisotopic (exact) mass is 348 g/mol. The molecule has 0 aromatic heterocycles. The van der Waals surface area contributed by atoms with Crippen LogP contribution < -0.4 is 10.1 Å². The zero-order valence-electron chi connectivity index (χ0n) is 15.5. The van der Waals surface area contributed by atoms with Crippen LogP contribution in [0.4, 0.5) is 0 Å². The molecule has 25 heavy (non-hydrogen) atoms. The first-order valence-electron chi connectivity index (χ1n) is 8.73. The summed E-state index contributed by atoms with van der Waals surface area (Å²) < 4.78 is 10.6. The van der Waals surface area contributed by atoms with Gasteiger partial charge in [0.1, 0.15) is 11.8 Å². The molecular weight excluding hydrogens is 320 g/mol. The van der Waals surface area contributed by atoms with Crippen LogP contribution in [0.2, 0.25) is 0 Å². The van der Waals surface area contributed by atoms with Crippen LogP contribution in [0.25, 0.3) is 0 Å². The molecule has 1 aliphatic rings. The lowest BCUT2D eigenvalue weighted by molar-refractivity contribution is -0.136. The van der Waals surface area contributed by atoms with E-state index in [1.54, 1.807) is 31.4 Å². The summed E-state index contributed by atoms with van der Waals surface area (Å²) in [6.45, 7) is 5.19. The minimum absolute atomic E-state index is 0.00805. The van der Waals surface area contributed by atoms with E-state index < -0.39 is 6.04 Å². The number of nitrogens with zero attached hydrogens (tertiary/aromatic N) is 1. The first-order valence-corrected chi connectivity index (χ1v) is 8.73. The van der Waals surface area contributed by atoms with Gasteiger partial charge < -0.3 is 19.7 Å². The van der Waals surface area contributed by atoms with Crippen LogP contribution >= 0.6 is 0 Å². The maximum Gasteiger partial charge on any atom is 0.255 e. The lowest BCUT2D eigenvalue weighted by atomic mass is 9.99. The highest BCUT2D eigenvalue weighted by Gasteiger charge is 2.31. The molecule has 2 amide bonds. The number of piperidine rings is 1. The van der Waals surface area contributed by atoms with E-state index in [0.29, 0.717) is 24.4 Å². The van der Waals surface area contributed by atoms with Gasteiger partial charge in [-0.15, -0.1) is 0 Å². The van der Waals surface area contributed by atoms with Crippen molar-refractivity contribution in [3.63, 3.8) is 0 Å². The standard InChI is InChI=1S/C19H28N2O4/c1-13(2)17(19(23)21-11-9-14(24-3)10-12-21)20-18(22)15-7-5-6-8-16(15)25-4/h5-8,13-14,17H,9-12H2,1-4H3,(H,20,22). The van der Waals surface area contributed by atoms with E-state index in [2.05, 4.69) is 5.32 Å². The molecule has 0 radical (unpaired) electrons. The number of para-hydroxylation sites is 1. The van der Waals surface area contributed by atoms with Crippen molar-refractivity contribution in [2.75, 3.05) is 27.3 Å². The fourth-order valence-corrected chi connectivity index (χ4v) is 3.07. The van der Waals surface area contributed by atoms with Gasteiger partial charge in [0.25, 0.3) is 5.91 Å². The number of benzene rings is 1. The number of carbonyl (C=O) groups excluding carboxylic acids is 2. The normalized spacial score (nSPS) is 16.6. The molecule has 0 bridgehead atoms. The van der Waals surface area contributed by atoms with E-state index in [9.17, 15) is 9.59 Å². The average Bonchev–Trinajstić information content (AvgIpc) is 2.65. The summed E-state index contributed by atoms with van der Waals surface area (Å²) in [5.74, 6) is 0.159. The van der Waals surface area contributed by atoms with Crippen molar-refractivity contribution in [2.24, 2.45) is 5.92 Å². The molecule has 1 atom stereocenters. The summed E-state index contributed by atoms with van der Waals surface area (Å²) >= 11 is 0. The van der Waals surface area contributed by atoms with Gasteiger partial charge in [0.15, 0.2) is 0 Å². The third-order valence-electron chi connectivity index (χ3n) is 4.66. The highest BCUT2D eigenvalue weighted by atomic mass is 16.5. The number of rotatable bonds is 6. The third-order valence-corrected chi connectivity index (χ3v) is 4.66. The van der Waals surface area contributed by atoms with Crippen molar-refractivity contribution in [3.05, 3.63) is 29.8 Å². The number of likely N-dealkylation sites (tertiary alicyclic amines) is 1. The van der Waals surface area contributed by atoms with Crippen LogP contribution in [0.3, 0.4) is 0 Å². The SMILES string of the molecule is COc1ccccc1C(=O)NC(C(=O)N1CCC(OC)CC1)C(C)C. The van der Waals surface area contributed by atoms with Gasteiger partial charge in [0, 0.05) is 20.2 Å². The van der Waals surface area contributed by atoms with Crippen molar-refractivity contribution in [2.45, 2.75) is 38.8 Å². The van der Waals surface area contributed by atoms with E-state index in [0.717, 1.165) is 12.8 Å². The highest BCUT2D eigenvalue weighted by Crippen LogP contribution is 2.19. The summed E-state index contributed by atoms with van der Waals surface area (Å²) in [6.07, 6.45) is 1.87. The largest absolute Gasteiger partial charge is 0.496 e. The Hall–Kier alpha value is -2.08. The Morgan fingerprint density at radius 3 is 2.36 bits per heavy atom. The minimum atomic E-state index is -0.559. The summed E-state index contributed by atoms with van der Waals surface area (Å²) in [6, 6.07) is 6.45. The zero-order valence-corrected chi connectivity index (χ0v) is 15.5. The molecule has 1 unspecified atom stereocenters. The summed E-state index contributed by atoms with van der Waals surface area (Å²) in [5, 5.41) is 2.89. The Balaban J connectivity index is 2.08. The maximum absolute atomic E-state index is 12.9. The number of nitrogens with one attached hydrogen (secondary N) is 1. The number of amides is 2. The minimum Gasteiger partial charge on any atom is -0.496 e. The zero-order chi connectivity index (χ0) is 18.4. The Morgan fingerprint density at radius 2 is 1.80 bits per heavy atom. The number of carbonyl (C=O) groups is 2. The fourth-order valence-electron chi connectivity index (χ4n) is 3.07. The molecular formula is C19H28N2O4. The van der Waals surface area contributed by atoms with Crippen LogP contribution in [0.1, 0.15) is 37.0 Å². The number of ether oxygens (including phenoxy) is 2. The average molecular weight is 348 g/mol. The van der Waals surface area contributed by atoms with Gasteiger partial charge in [0.2, 0.25) is 5.91 Å². The van der Waals surface area contributed by atoms with Crippen LogP contribution in [0, 0.1) is 5.92 Å². The van der Waals surface area contributed by atoms with Gasteiger partial charge in [-0.25, -0.2) is 0 Å². The smallest absolute Gasteiger partial charge is 0.255 e. The second-order valence-corrected chi connectivity index (χ2v) is 6.66. The van der Waals surface area contributed by atoms with E-state index >= 15 is 0 Å². The summed E-state index contributed by atoms with van der Waals surface area (Å²) in [7, 11) is 3.23. The van der Waals surface area contributed by atoms with Gasteiger partial charge in [-0.1, -0.05) is 26.0 Å². The number of methoxy groups -OCH3 is 2. The first-order chi connectivity index (χ1) is 12.0. The van der Waals surface area contributed by atoms with Crippen molar-refractivity contribution < 1.29 is 19.1 Å². The second-order valence-electron chi connectivity index (χ2n) is 6.66. The predicted octanol–water partition coefficient (Wildman–Crippen LogP) is 2.09. The third kappa shape index (κ3) is 4.72. The molecule has 0 aliphatic carbocycles. The number of hydrogen-bond acceptors (Lipinski definition) is 4. The van der Waals surface area contributed by atoms with Gasteiger partial charge in [0.05, 0.1) is 18.8 Å². The quantitative estimate of drug-likeness (QED) is 0.855. The Bertz CT molecular complexity index is 595. The number of hydrogen-bond donors (Lipinski definition) is 1. The van der Waals surface area contributed by atoms with Crippen molar-refractivity contribution in [1.29, 1.82) is 0 Å². The molecule has 138 valence electrons. The van der Waals surface area contributed by atoms with Crippen molar-refractivity contribution in [3.8, 4) is 5.75 Å². The van der Waals surface area contributed by atoms with Gasteiger partial charge in [-0.05, 0) is 30.9 Å². The molecule has 1 N–H and O–H groups in total. The van der Waals surface area contributed by atoms with Gasteiger partial charge in [-0.2, -0.15) is 0 Å². The molecule has 6 nitrogen and oxygen atoms in total. The lowest BCUT2D eigenvalue weighted by Gasteiger charge is -2.35. The van der Waals surface area contributed by atoms with E-state index in [1.165, 1.54) is 7.11 Å². The highest BCUT2D eigenvalue weighted by molar-refractivity contribution is 5.99. The van der Waals surface area contributed by atoms with Crippen molar-refractivity contribution in [1.82, 2.24) is 10.2 Å². The molecule has 2 rings (SSSR count). The molecule has 1 saturated heterocycles. The van der Waals surface area contributed by atoms with E-state index in [-0.39, 0.29) is 23.8 Å². The van der Waals surface area contributed by atoms with E-state index in [1.807, 2.05) is 18.7 Å². The second kappa shape index (κ2) is 8.85. The lowest BCUT2D eigenvalue weighted by Crippen LogP contribution is -2.53. The van der Waals surface area contributed by atoms with Gasteiger partial charge >= 0.3 is 0 Å². The van der Waals surface area contributed by atoms with Crippen LogP contribution in [0.15, 0.2) is 24.3 Å². The molecule has 0 saturated carbocycles. The summed E-state index contributed by atoms with van der Waals surface area (Å²) in [4.78, 5) is 27.4. The van der Waals surface area contributed by atoms with Crippen molar-refractivity contribution >= 4 is 11.8 Å². The Morgan fingerprint density at radius 1 is 1.16 bits per heavy atom. The van der Waals surface area contributed by atoms with Crippen LogP contribution in [-0.4, -0.2) is 56.2 Å². The molecule has 1 aromatic rings. The Labute approximate surface area is 149 Å². The van der Waals surface area contributed by atoms with Crippen LogP contribution in [0.5, 0.6) is 5.75 Å². The molecule has 6 heteroatoms. The predicted molar refractivity (Wildman–Crippen MR) is 95.7 cm³/mol. The topological polar surface area (TPSA) is 67.9 Å². The molecule has 1 aliphatic heterocycles. The maximum atomic E-state index is 12.9. The molecule has 0 spiro atoms.